The number of nitrogens with one attached hydrogen (secondary N) is 1. The summed E-state index contributed by atoms with van der Waals surface area (Å²) in [5, 5.41) is 8.59. The molecule has 0 aliphatic rings. The summed E-state index contributed by atoms with van der Waals surface area (Å²) in [6.07, 6.45) is 1.70. The van der Waals surface area contributed by atoms with Gasteiger partial charge in [0.05, 0.1) is 22.0 Å². The number of rotatable bonds is 7. The van der Waals surface area contributed by atoms with E-state index < -0.39 is 10.0 Å². The van der Waals surface area contributed by atoms with Crippen molar-refractivity contribution in [3.05, 3.63) is 96.7 Å². The van der Waals surface area contributed by atoms with Gasteiger partial charge in [-0.15, -0.1) is 0 Å². The molecule has 3 aromatic carbocycles. The van der Waals surface area contributed by atoms with Crippen molar-refractivity contribution < 1.29 is 8.42 Å². The first kappa shape index (κ1) is 23.1. The minimum absolute atomic E-state index is 0.214. The van der Waals surface area contributed by atoms with E-state index in [9.17, 15) is 8.42 Å². The summed E-state index contributed by atoms with van der Waals surface area (Å²) in [4.78, 5) is 6.71. The lowest BCUT2D eigenvalue weighted by Crippen LogP contribution is -2.12. The number of azo groups is 1. The zero-order valence-corrected chi connectivity index (χ0v) is 20.0. The second kappa shape index (κ2) is 9.84. The zero-order valence-electron chi connectivity index (χ0n) is 19.2. The summed E-state index contributed by atoms with van der Waals surface area (Å²) in [7, 11) is 0.340. The van der Waals surface area contributed by atoms with Gasteiger partial charge in [-0.2, -0.15) is 10.2 Å². The fraction of sp³-hybridized carbons (Fsp3) is 0.115. The van der Waals surface area contributed by atoms with Crippen LogP contribution in [0.2, 0.25) is 0 Å². The molecule has 0 aliphatic heterocycles. The number of anilines is 2. The van der Waals surface area contributed by atoms with Gasteiger partial charge in [0.2, 0.25) is 0 Å². The molecule has 172 valence electrons. The number of nitrogens with zero attached hydrogens (tertiary/aromatic N) is 4. The Morgan fingerprint density at radius 1 is 0.824 bits per heavy atom. The number of hydrogen-bond donors (Lipinski definition) is 1. The third kappa shape index (κ3) is 5.65. The van der Waals surface area contributed by atoms with E-state index in [0.717, 1.165) is 22.5 Å². The second-order valence-corrected chi connectivity index (χ2v) is 9.69. The number of pyridine rings is 1. The zero-order chi connectivity index (χ0) is 24.1. The van der Waals surface area contributed by atoms with Gasteiger partial charge in [-0.3, -0.25) is 9.71 Å². The van der Waals surface area contributed by atoms with Crippen LogP contribution in [0.4, 0.5) is 22.7 Å². The molecule has 0 atom stereocenters. The molecule has 4 rings (SSSR count). The fourth-order valence-electron chi connectivity index (χ4n) is 3.23. The summed E-state index contributed by atoms with van der Waals surface area (Å²) in [6.45, 7) is 1.91. The molecule has 7 nitrogen and oxygen atoms in total. The monoisotopic (exact) mass is 471 g/mol. The van der Waals surface area contributed by atoms with E-state index in [1.807, 2.05) is 50.2 Å². The second-order valence-electron chi connectivity index (χ2n) is 8.01. The van der Waals surface area contributed by atoms with Crippen LogP contribution < -0.4 is 9.62 Å². The van der Waals surface area contributed by atoms with E-state index in [-0.39, 0.29) is 4.90 Å². The average Bonchev–Trinajstić information content (AvgIpc) is 2.84. The minimum Gasteiger partial charge on any atom is -0.378 e. The van der Waals surface area contributed by atoms with Crippen molar-refractivity contribution in [2.24, 2.45) is 10.2 Å². The van der Waals surface area contributed by atoms with Gasteiger partial charge >= 0.3 is 0 Å². The molecule has 1 N–H and O–H groups in total. The molecule has 0 aliphatic carbocycles. The Kier molecular flexibility index (Phi) is 6.70. The quantitative estimate of drug-likeness (QED) is 0.319. The maximum Gasteiger partial charge on any atom is 0.261 e. The predicted molar refractivity (Wildman–Crippen MR) is 137 cm³/mol. The van der Waals surface area contributed by atoms with Crippen molar-refractivity contribution in [1.82, 2.24) is 4.98 Å². The van der Waals surface area contributed by atoms with Gasteiger partial charge in [0.25, 0.3) is 10.0 Å². The lowest BCUT2D eigenvalue weighted by molar-refractivity contribution is 0.601. The summed E-state index contributed by atoms with van der Waals surface area (Å²) < 4.78 is 27.7. The Bertz CT molecular complexity index is 1410. The number of aryl methyl sites for hydroxylation is 1. The first-order valence-electron chi connectivity index (χ1n) is 10.7. The Balaban J connectivity index is 1.47. The number of benzene rings is 3. The summed E-state index contributed by atoms with van der Waals surface area (Å²) >= 11 is 0. The van der Waals surface area contributed by atoms with Crippen LogP contribution in [-0.2, 0) is 10.0 Å². The van der Waals surface area contributed by atoms with Crippen LogP contribution in [0, 0.1) is 6.92 Å². The van der Waals surface area contributed by atoms with Crippen LogP contribution in [0.25, 0.3) is 11.3 Å². The Morgan fingerprint density at radius 2 is 1.53 bits per heavy atom. The highest BCUT2D eigenvalue weighted by Crippen LogP contribution is 2.27. The van der Waals surface area contributed by atoms with E-state index in [2.05, 4.69) is 26.0 Å². The fourth-order valence-corrected chi connectivity index (χ4v) is 4.28. The molecule has 0 unspecified atom stereocenters. The van der Waals surface area contributed by atoms with E-state index in [1.54, 1.807) is 60.8 Å². The van der Waals surface area contributed by atoms with Gasteiger partial charge in [0.1, 0.15) is 0 Å². The molecule has 1 heterocycles. The molecule has 34 heavy (non-hydrogen) atoms. The van der Waals surface area contributed by atoms with Crippen LogP contribution in [0.3, 0.4) is 0 Å². The molecule has 0 spiro atoms. The molecule has 0 bridgehead atoms. The SMILES string of the molecule is Cc1ccc(S(=O)(=O)Nc2ccc(N=Nc3ccnc(-c4cccc(N(C)C)c4)c3)cc2)cc1. The van der Waals surface area contributed by atoms with Crippen LogP contribution >= 0.6 is 0 Å². The van der Waals surface area contributed by atoms with Gasteiger partial charge in [0, 0.05) is 37.2 Å². The van der Waals surface area contributed by atoms with Crippen molar-refractivity contribution in [1.29, 1.82) is 0 Å². The molecule has 8 heteroatoms. The lowest BCUT2D eigenvalue weighted by atomic mass is 10.1. The molecule has 0 saturated carbocycles. The topological polar surface area (TPSA) is 87.0 Å². The molecule has 0 saturated heterocycles. The number of hydrogen-bond acceptors (Lipinski definition) is 6. The van der Waals surface area contributed by atoms with E-state index in [0.29, 0.717) is 17.1 Å². The molecule has 0 radical (unpaired) electrons. The van der Waals surface area contributed by atoms with Crippen LogP contribution in [0.15, 0.2) is 106 Å². The van der Waals surface area contributed by atoms with E-state index in [4.69, 9.17) is 0 Å². The number of sulfonamides is 1. The first-order chi connectivity index (χ1) is 16.3. The third-order valence-electron chi connectivity index (χ3n) is 5.13. The maximum absolute atomic E-state index is 12.6. The Morgan fingerprint density at radius 3 is 2.24 bits per heavy atom. The third-order valence-corrected chi connectivity index (χ3v) is 6.53. The Hall–Kier alpha value is -4.04. The average molecular weight is 472 g/mol. The van der Waals surface area contributed by atoms with E-state index >= 15 is 0 Å². The minimum atomic E-state index is -3.65. The molecule has 1 aromatic heterocycles. The van der Waals surface area contributed by atoms with Gasteiger partial charge in [0.15, 0.2) is 0 Å². The van der Waals surface area contributed by atoms with Gasteiger partial charge < -0.3 is 4.90 Å². The van der Waals surface area contributed by atoms with Crippen LogP contribution in [-0.4, -0.2) is 27.5 Å². The highest BCUT2D eigenvalue weighted by molar-refractivity contribution is 7.92. The molecular formula is C26H25N5O2S. The number of aromatic nitrogens is 1. The summed E-state index contributed by atoms with van der Waals surface area (Å²) in [6, 6.07) is 25.2. The highest BCUT2D eigenvalue weighted by atomic mass is 32.2. The van der Waals surface area contributed by atoms with Gasteiger partial charge in [-0.25, -0.2) is 8.42 Å². The van der Waals surface area contributed by atoms with Crippen molar-refractivity contribution in [3.8, 4) is 11.3 Å². The molecular weight excluding hydrogens is 446 g/mol. The maximum atomic E-state index is 12.6. The largest absolute Gasteiger partial charge is 0.378 e. The predicted octanol–water partition coefficient (Wildman–Crippen LogP) is 6.34. The molecule has 0 amide bonds. The smallest absolute Gasteiger partial charge is 0.261 e. The van der Waals surface area contributed by atoms with Gasteiger partial charge in [-0.05, 0) is 67.6 Å². The summed E-state index contributed by atoms with van der Waals surface area (Å²) in [5.41, 5.74) is 5.61. The van der Waals surface area contributed by atoms with Crippen LogP contribution in [0.1, 0.15) is 5.56 Å². The van der Waals surface area contributed by atoms with Crippen molar-refractivity contribution in [3.63, 3.8) is 0 Å². The van der Waals surface area contributed by atoms with Crippen LogP contribution in [0.5, 0.6) is 0 Å². The molecule has 0 fully saturated rings. The summed E-state index contributed by atoms with van der Waals surface area (Å²) in [5.74, 6) is 0. The van der Waals surface area contributed by atoms with Gasteiger partial charge in [-0.1, -0.05) is 29.8 Å². The van der Waals surface area contributed by atoms with Crippen molar-refractivity contribution in [2.45, 2.75) is 11.8 Å². The van der Waals surface area contributed by atoms with Crippen molar-refractivity contribution >= 4 is 32.8 Å². The first-order valence-corrected chi connectivity index (χ1v) is 12.1. The molecule has 4 aromatic rings. The lowest BCUT2D eigenvalue weighted by Gasteiger charge is -2.13. The Labute approximate surface area is 199 Å². The van der Waals surface area contributed by atoms with Crippen molar-refractivity contribution in [2.75, 3.05) is 23.7 Å². The highest BCUT2D eigenvalue weighted by Gasteiger charge is 2.13. The van der Waals surface area contributed by atoms with E-state index in [1.165, 1.54) is 0 Å². The normalized spacial score (nSPS) is 11.5. The standard InChI is InChI=1S/C26H25N5O2S/c1-19-7-13-25(14-8-19)34(32,33)30-22-11-9-21(10-12-22)28-29-23-15-16-27-26(18-23)20-5-4-6-24(17-20)31(2)3/h4-18,30H,1-3H3.